The molecule has 1 aromatic rings. The average Bonchev–Trinajstić information content (AvgIpc) is 2.03. The Morgan fingerprint density at radius 2 is 1.92 bits per heavy atom. The number of hydrogen-bond donors (Lipinski definition) is 0. The van der Waals surface area contributed by atoms with Gasteiger partial charge in [-0.3, -0.25) is 4.48 Å². The number of rotatable bonds is 1. The van der Waals surface area contributed by atoms with Crippen LogP contribution >= 0.6 is 0 Å². The van der Waals surface area contributed by atoms with Crippen LogP contribution in [0.25, 0.3) is 0 Å². The van der Waals surface area contributed by atoms with Crippen LogP contribution in [-0.2, 0) is 0 Å². The smallest absolute Gasteiger partial charge is 0.133 e. The fourth-order valence-electron chi connectivity index (χ4n) is 0.993. The molecule has 1 rings (SSSR count). The van der Waals surface area contributed by atoms with Crippen LogP contribution in [0, 0.1) is 11.3 Å². The van der Waals surface area contributed by atoms with Gasteiger partial charge in [-0.05, 0) is 12.1 Å². The highest BCUT2D eigenvalue weighted by atomic mass is 15.3. The van der Waals surface area contributed by atoms with Crippen molar-refractivity contribution in [2.75, 3.05) is 21.1 Å². The molecule has 2 heteroatoms. The van der Waals surface area contributed by atoms with E-state index in [1.54, 1.807) is 0 Å². The van der Waals surface area contributed by atoms with E-state index in [-0.39, 0.29) is 0 Å². The Labute approximate surface area is 73.3 Å². The summed E-state index contributed by atoms with van der Waals surface area (Å²) in [7, 11) is 6.24. The van der Waals surface area contributed by atoms with Crippen molar-refractivity contribution in [1.82, 2.24) is 4.48 Å². The standard InChI is InChI=1S/C10H13N2/c1-12(2,3)10-6-4-5-9(7-10)8-11/h4-7H,1-3H3/q+1. The maximum atomic E-state index is 8.67. The Kier molecular flexibility index (Phi) is 2.16. The highest BCUT2D eigenvalue weighted by Crippen LogP contribution is 2.17. The van der Waals surface area contributed by atoms with Gasteiger partial charge in [0.2, 0.25) is 0 Å². The molecule has 0 heterocycles. The molecule has 0 saturated heterocycles. The van der Waals surface area contributed by atoms with Crippen LogP contribution in [0.15, 0.2) is 24.3 Å². The third kappa shape index (κ3) is 1.84. The molecule has 0 radical (unpaired) electrons. The van der Waals surface area contributed by atoms with Crippen LogP contribution in [0.2, 0.25) is 0 Å². The molecular formula is C10H13N2+. The van der Waals surface area contributed by atoms with Gasteiger partial charge in [-0.1, -0.05) is 6.07 Å². The molecular weight excluding hydrogens is 148 g/mol. The van der Waals surface area contributed by atoms with E-state index in [1.165, 1.54) is 0 Å². The van der Waals surface area contributed by atoms with Crippen molar-refractivity contribution in [2.24, 2.45) is 0 Å². The summed E-state index contributed by atoms with van der Waals surface area (Å²) in [6.07, 6.45) is 0. The summed E-state index contributed by atoms with van der Waals surface area (Å²) < 4.78 is 0.746. The zero-order valence-corrected chi connectivity index (χ0v) is 7.70. The molecule has 0 aromatic heterocycles. The average molecular weight is 161 g/mol. The summed E-state index contributed by atoms with van der Waals surface area (Å²) in [4.78, 5) is 0. The number of nitrogens with zero attached hydrogens (tertiary/aromatic N) is 2. The zero-order chi connectivity index (χ0) is 9.19. The summed E-state index contributed by atoms with van der Waals surface area (Å²) in [6.45, 7) is 0. The predicted molar refractivity (Wildman–Crippen MR) is 50.7 cm³/mol. The lowest BCUT2D eigenvalue weighted by atomic mass is 10.2. The Morgan fingerprint density at radius 1 is 1.25 bits per heavy atom. The van der Waals surface area contributed by atoms with E-state index in [9.17, 15) is 0 Å². The number of benzene rings is 1. The molecule has 0 amide bonds. The van der Waals surface area contributed by atoms with Crippen LogP contribution in [0.4, 0.5) is 5.69 Å². The van der Waals surface area contributed by atoms with Crippen LogP contribution in [0.3, 0.4) is 0 Å². The fourth-order valence-corrected chi connectivity index (χ4v) is 0.993. The highest BCUT2D eigenvalue weighted by Gasteiger charge is 2.11. The summed E-state index contributed by atoms with van der Waals surface area (Å²) in [5, 5.41) is 8.67. The molecule has 0 saturated carbocycles. The van der Waals surface area contributed by atoms with E-state index in [4.69, 9.17) is 5.26 Å². The minimum absolute atomic E-state index is 0.723. The van der Waals surface area contributed by atoms with Crippen LogP contribution in [-0.4, -0.2) is 21.1 Å². The molecule has 0 aliphatic rings. The molecule has 0 atom stereocenters. The van der Waals surface area contributed by atoms with E-state index in [2.05, 4.69) is 27.2 Å². The van der Waals surface area contributed by atoms with E-state index < -0.39 is 0 Å². The maximum absolute atomic E-state index is 8.67. The second-order valence-corrected chi connectivity index (χ2v) is 3.67. The lowest BCUT2D eigenvalue weighted by Gasteiger charge is -2.23. The van der Waals surface area contributed by atoms with Gasteiger partial charge in [0.05, 0.1) is 32.8 Å². The summed E-state index contributed by atoms with van der Waals surface area (Å²) in [5.41, 5.74) is 1.87. The van der Waals surface area contributed by atoms with E-state index in [0.29, 0.717) is 0 Å². The maximum Gasteiger partial charge on any atom is 0.133 e. The van der Waals surface area contributed by atoms with Crippen LogP contribution in [0.5, 0.6) is 0 Å². The Morgan fingerprint density at radius 3 is 2.42 bits per heavy atom. The summed E-state index contributed by atoms with van der Waals surface area (Å²) in [6, 6.07) is 9.81. The van der Waals surface area contributed by atoms with Crippen molar-refractivity contribution in [3.8, 4) is 6.07 Å². The molecule has 0 fully saturated rings. The van der Waals surface area contributed by atoms with Crippen molar-refractivity contribution in [1.29, 1.82) is 5.26 Å². The summed E-state index contributed by atoms with van der Waals surface area (Å²) >= 11 is 0. The largest absolute Gasteiger partial charge is 0.298 e. The van der Waals surface area contributed by atoms with Crippen molar-refractivity contribution < 1.29 is 0 Å². The first-order valence-corrected chi connectivity index (χ1v) is 3.86. The number of hydrogen-bond acceptors (Lipinski definition) is 1. The zero-order valence-electron chi connectivity index (χ0n) is 7.70. The topological polar surface area (TPSA) is 23.8 Å². The lowest BCUT2D eigenvalue weighted by Crippen LogP contribution is -2.34. The van der Waals surface area contributed by atoms with E-state index >= 15 is 0 Å². The van der Waals surface area contributed by atoms with Crippen molar-refractivity contribution >= 4 is 5.69 Å². The van der Waals surface area contributed by atoms with Gasteiger partial charge in [0.25, 0.3) is 0 Å². The first-order valence-electron chi connectivity index (χ1n) is 3.86. The molecule has 0 aliphatic heterocycles. The Hall–Kier alpha value is -1.33. The van der Waals surface area contributed by atoms with Gasteiger partial charge < -0.3 is 0 Å². The van der Waals surface area contributed by atoms with Gasteiger partial charge in [0.1, 0.15) is 5.69 Å². The molecule has 0 spiro atoms. The van der Waals surface area contributed by atoms with Gasteiger partial charge in [-0.25, -0.2) is 0 Å². The monoisotopic (exact) mass is 161 g/mol. The van der Waals surface area contributed by atoms with Crippen LogP contribution in [0.1, 0.15) is 5.56 Å². The van der Waals surface area contributed by atoms with Crippen molar-refractivity contribution in [3.05, 3.63) is 29.8 Å². The second-order valence-electron chi connectivity index (χ2n) is 3.67. The molecule has 0 unspecified atom stereocenters. The van der Waals surface area contributed by atoms with Gasteiger partial charge in [0, 0.05) is 6.07 Å². The lowest BCUT2D eigenvalue weighted by molar-refractivity contribution is 0.486. The molecule has 62 valence electrons. The van der Waals surface area contributed by atoms with Gasteiger partial charge in [0.15, 0.2) is 0 Å². The SMILES string of the molecule is C[N+](C)(C)c1cccc(C#N)c1. The summed E-state index contributed by atoms with van der Waals surface area (Å²) in [5.74, 6) is 0. The number of nitriles is 1. The first kappa shape index (κ1) is 8.76. The molecule has 0 N–H and O–H groups in total. The van der Waals surface area contributed by atoms with Crippen LogP contribution < -0.4 is 4.48 Å². The predicted octanol–water partition coefficient (Wildman–Crippen LogP) is 1.75. The minimum atomic E-state index is 0.723. The first-order chi connectivity index (χ1) is 5.54. The van der Waals surface area contributed by atoms with Gasteiger partial charge in [-0.15, -0.1) is 0 Å². The third-order valence-electron chi connectivity index (χ3n) is 1.75. The van der Waals surface area contributed by atoms with Gasteiger partial charge >= 0.3 is 0 Å². The molecule has 1 aromatic carbocycles. The Bertz CT molecular complexity index is 315. The highest BCUT2D eigenvalue weighted by molar-refractivity contribution is 5.47. The van der Waals surface area contributed by atoms with E-state index in [1.807, 2.05) is 24.3 Å². The quantitative estimate of drug-likeness (QED) is 0.576. The molecule has 12 heavy (non-hydrogen) atoms. The molecule has 2 nitrogen and oxygen atoms in total. The number of quaternary nitrogens is 1. The Balaban J connectivity index is 3.13. The van der Waals surface area contributed by atoms with E-state index in [0.717, 1.165) is 15.7 Å². The van der Waals surface area contributed by atoms with Crippen molar-refractivity contribution in [3.63, 3.8) is 0 Å². The van der Waals surface area contributed by atoms with Crippen molar-refractivity contribution in [2.45, 2.75) is 0 Å². The normalized spacial score (nSPS) is 10.8. The fraction of sp³-hybridized carbons (Fsp3) is 0.300. The molecule has 0 bridgehead atoms. The third-order valence-corrected chi connectivity index (χ3v) is 1.75. The second kappa shape index (κ2) is 2.96. The van der Waals surface area contributed by atoms with Gasteiger partial charge in [-0.2, -0.15) is 5.26 Å². The molecule has 0 aliphatic carbocycles. The minimum Gasteiger partial charge on any atom is -0.298 e.